The normalized spacial score (nSPS) is 19.0. The largest absolute Gasteiger partial charge is 0.313 e. The highest BCUT2D eigenvalue weighted by Gasteiger charge is 2.29. The van der Waals surface area contributed by atoms with Crippen molar-refractivity contribution in [1.82, 2.24) is 15.1 Å². The minimum absolute atomic E-state index is 0.507. The smallest absolute Gasteiger partial charge is 0.0522 e. The number of aryl methyl sites for hydroxylation is 2. The first kappa shape index (κ1) is 13.4. The molecule has 1 heterocycles. The first-order chi connectivity index (χ1) is 9.78. The van der Waals surface area contributed by atoms with Gasteiger partial charge in [0, 0.05) is 25.2 Å². The predicted octanol–water partition coefficient (Wildman–Crippen LogP) is 2.67. The van der Waals surface area contributed by atoms with E-state index in [1.807, 2.05) is 17.9 Å². The molecular formula is C17H23N3. The van der Waals surface area contributed by atoms with Crippen LogP contribution in [-0.2, 0) is 19.9 Å². The highest BCUT2D eigenvalue weighted by Crippen LogP contribution is 2.36. The Morgan fingerprint density at radius 2 is 2.25 bits per heavy atom. The first-order valence-electron chi connectivity index (χ1n) is 7.56. The molecule has 0 bridgehead atoms. The van der Waals surface area contributed by atoms with Crippen molar-refractivity contribution < 1.29 is 0 Å². The molecule has 0 amide bonds. The number of hydrogen-bond donors (Lipinski definition) is 1. The van der Waals surface area contributed by atoms with E-state index in [4.69, 9.17) is 0 Å². The van der Waals surface area contributed by atoms with E-state index in [9.17, 15) is 0 Å². The van der Waals surface area contributed by atoms with E-state index in [1.54, 1.807) is 5.56 Å². The topological polar surface area (TPSA) is 29.9 Å². The van der Waals surface area contributed by atoms with Crippen LogP contribution in [0.25, 0.3) is 0 Å². The molecule has 1 aromatic carbocycles. The van der Waals surface area contributed by atoms with E-state index < -0.39 is 0 Å². The molecule has 1 aliphatic rings. The summed E-state index contributed by atoms with van der Waals surface area (Å²) >= 11 is 0. The van der Waals surface area contributed by atoms with E-state index in [0.29, 0.717) is 12.0 Å². The molecule has 0 saturated carbocycles. The van der Waals surface area contributed by atoms with Gasteiger partial charge in [-0.15, -0.1) is 0 Å². The third kappa shape index (κ3) is 2.63. The fourth-order valence-electron chi connectivity index (χ4n) is 3.46. The molecule has 0 fully saturated rings. The molecule has 1 aliphatic carbocycles. The lowest BCUT2D eigenvalue weighted by Crippen LogP contribution is -2.36. The lowest BCUT2D eigenvalue weighted by Gasteiger charge is -2.25. The Labute approximate surface area is 121 Å². The molecule has 3 nitrogen and oxygen atoms in total. The Balaban J connectivity index is 1.81. The zero-order chi connectivity index (χ0) is 13.9. The van der Waals surface area contributed by atoms with Gasteiger partial charge in [-0.2, -0.15) is 5.10 Å². The summed E-state index contributed by atoms with van der Waals surface area (Å²) in [5.74, 6) is 0.631. The summed E-state index contributed by atoms with van der Waals surface area (Å²) in [7, 11) is 1.98. The number of rotatable bonds is 5. The van der Waals surface area contributed by atoms with Crippen LogP contribution in [0.2, 0.25) is 0 Å². The van der Waals surface area contributed by atoms with Crippen molar-refractivity contribution in [3.05, 3.63) is 53.3 Å². The minimum Gasteiger partial charge on any atom is -0.313 e. The number of benzene rings is 1. The van der Waals surface area contributed by atoms with Crippen LogP contribution < -0.4 is 5.32 Å². The SMILES string of the molecule is CCNC(Cc1cnn(C)c1)C1CCc2ccccc21. The summed E-state index contributed by atoms with van der Waals surface area (Å²) in [5, 5.41) is 7.98. The number of nitrogens with zero attached hydrogens (tertiary/aromatic N) is 2. The minimum atomic E-state index is 0.507. The third-order valence-electron chi connectivity index (χ3n) is 4.35. The molecular weight excluding hydrogens is 246 g/mol. The van der Waals surface area contributed by atoms with Crippen molar-refractivity contribution in [1.29, 1.82) is 0 Å². The lowest BCUT2D eigenvalue weighted by molar-refractivity contribution is 0.435. The molecule has 1 aromatic heterocycles. The Morgan fingerprint density at radius 1 is 1.40 bits per heavy atom. The summed E-state index contributed by atoms with van der Waals surface area (Å²) < 4.78 is 1.89. The Morgan fingerprint density at radius 3 is 3.00 bits per heavy atom. The fraction of sp³-hybridized carbons (Fsp3) is 0.471. The standard InChI is InChI=1S/C17H23N3/c1-3-18-17(10-13-11-19-20(2)12-13)16-9-8-14-6-4-5-7-15(14)16/h4-7,11-12,16-18H,3,8-10H2,1-2H3. The van der Waals surface area contributed by atoms with Crippen molar-refractivity contribution >= 4 is 0 Å². The average Bonchev–Trinajstić information content (AvgIpc) is 3.04. The molecule has 0 saturated heterocycles. The maximum atomic E-state index is 4.29. The van der Waals surface area contributed by atoms with Crippen LogP contribution in [0.15, 0.2) is 36.7 Å². The predicted molar refractivity (Wildman–Crippen MR) is 81.9 cm³/mol. The van der Waals surface area contributed by atoms with Gasteiger partial charge >= 0.3 is 0 Å². The second-order valence-electron chi connectivity index (χ2n) is 5.73. The van der Waals surface area contributed by atoms with Gasteiger partial charge in [-0.05, 0) is 42.5 Å². The van der Waals surface area contributed by atoms with Crippen molar-refractivity contribution in [3.63, 3.8) is 0 Å². The number of hydrogen-bond acceptors (Lipinski definition) is 2. The molecule has 0 radical (unpaired) electrons. The second-order valence-corrected chi connectivity index (χ2v) is 5.73. The van der Waals surface area contributed by atoms with Crippen LogP contribution in [-0.4, -0.2) is 22.4 Å². The summed E-state index contributed by atoms with van der Waals surface area (Å²) in [4.78, 5) is 0. The average molecular weight is 269 g/mol. The first-order valence-corrected chi connectivity index (χ1v) is 7.56. The van der Waals surface area contributed by atoms with Crippen LogP contribution in [0.1, 0.15) is 36.0 Å². The Hall–Kier alpha value is -1.61. The van der Waals surface area contributed by atoms with Crippen molar-refractivity contribution in [2.24, 2.45) is 7.05 Å². The Kier molecular flexibility index (Phi) is 3.88. The molecule has 0 spiro atoms. The maximum Gasteiger partial charge on any atom is 0.0522 e. The summed E-state index contributed by atoms with van der Waals surface area (Å²) in [5.41, 5.74) is 4.40. The molecule has 1 N–H and O–H groups in total. The number of nitrogens with one attached hydrogen (secondary N) is 1. The van der Waals surface area contributed by atoms with Gasteiger partial charge in [-0.1, -0.05) is 31.2 Å². The molecule has 3 heteroatoms. The summed E-state index contributed by atoms with van der Waals surface area (Å²) in [6, 6.07) is 9.42. The summed E-state index contributed by atoms with van der Waals surface area (Å²) in [6.45, 7) is 3.21. The molecule has 2 atom stereocenters. The quantitative estimate of drug-likeness (QED) is 0.904. The van der Waals surface area contributed by atoms with Gasteiger partial charge in [0.15, 0.2) is 0 Å². The van der Waals surface area contributed by atoms with Crippen LogP contribution in [0, 0.1) is 0 Å². The second kappa shape index (κ2) is 5.80. The van der Waals surface area contributed by atoms with Crippen molar-refractivity contribution in [3.8, 4) is 0 Å². The van der Waals surface area contributed by atoms with Gasteiger partial charge in [-0.3, -0.25) is 4.68 Å². The highest BCUT2D eigenvalue weighted by atomic mass is 15.2. The molecule has 2 unspecified atom stereocenters. The van der Waals surface area contributed by atoms with Crippen LogP contribution in [0.3, 0.4) is 0 Å². The fourth-order valence-corrected chi connectivity index (χ4v) is 3.46. The molecule has 0 aliphatic heterocycles. The van der Waals surface area contributed by atoms with Crippen LogP contribution in [0.4, 0.5) is 0 Å². The van der Waals surface area contributed by atoms with Gasteiger partial charge in [0.25, 0.3) is 0 Å². The van der Waals surface area contributed by atoms with Gasteiger partial charge in [0.2, 0.25) is 0 Å². The molecule has 106 valence electrons. The molecule has 3 rings (SSSR count). The van der Waals surface area contributed by atoms with E-state index in [2.05, 4.69) is 47.8 Å². The van der Waals surface area contributed by atoms with E-state index >= 15 is 0 Å². The number of aromatic nitrogens is 2. The van der Waals surface area contributed by atoms with E-state index in [0.717, 1.165) is 13.0 Å². The number of likely N-dealkylation sites (N-methyl/N-ethyl adjacent to an activating group) is 1. The van der Waals surface area contributed by atoms with Crippen LogP contribution >= 0.6 is 0 Å². The van der Waals surface area contributed by atoms with Gasteiger partial charge < -0.3 is 5.32 Å². The van der Waals surface area contributed by atoms with Crippen molar-refractivity contribution in [2.75, 3.05) is 6.54 Å². The van der Waals surface area contributed by atoms with E-state index in [-0.39, 0.29) is 0 Å². The Bertz CT molecular complexity index is 573. The molecule has 20 heavy (non-hydrogen) atoms. The van der Waals surface area contributed by atoms with E-state index in [1.165, 1.54) is 24.0 Å². The third-order valence-corrected chi connectivity index (χ3v) is 4.35. The lowest BCUT2D eigenvalue weighted by atomic mass is 9.89. The molecule has 2 aromatic rings. The number of fused-ring (bicyclic) bond motifs is 1. The van der Waals surface area contributed by atoms with Gasteiger partial charge in [0.05, 0.1) is 6.20 Å². The van der Waals surface area contributed by atoms with Gasteiger partial charge in [0.1, 0.15) is 0 Å². The zero-order valence-corrected chi connectivity index (χ0v) is 12.3. The highest BCUT2D eigenvalue weighted by molar-refractivity contribution is 5.36. The summed E-state index contributed by atoms with van der Waals surface area (Å²) in [6.07, 6.45) is 7.66. The monoisotopic (exact) mass is 269 g/mol. The van der Waals surface area contributed by atoms with Crippen LogP contribution in [0.5, 0.6) is 0 Å². The van der Waals surface area contributed by atoms with Crippen molar-refractivity contribution in [2.45, 2.75) is 38.1 Å². The van der Waals surface area contributed by atoms with Gasteiger partial charge in [-0.25, -0.2) is 0 Å². The maximum absolute atomic E-state index is 4.29. The zero-order valence-electron chi connectivity index (χ0n) is 12.3.